The molecular weight excluding hydrogens is 208 g/mol. The van der Waals surface area contributed by atoms with Gasteiger partial charge in [0, 0.05) is 6.54 Å². The molecule has 1 aromatic carbocycles. The predicted octanol–water partition coefficient (Wildman–Crippen LogP) is 2.61. The van der Waals surface area contributed by atoms with Gasteiger partial charge in [-0.25, -0.2) is 0 Å². The number of rotatable bonds is 7. The summed E-state index contributed by atoms with van der Waals surface area (Å²) in [5.41, 5.74) is 3.08. The van der Waals surface area contributed by atoms with Gasteiger partial charge < -0.3 is 10.2 Å². The van der Waals surface area contributed by atoms with Crippen LogP contribution >= 0.6 is 0 Å². The van der Waals surface area contributed by atoms with E-state index in [1.165, 1.54) is 24.8 Å². The van der Waals surface area contributed by atoms with Crippen LogP contribution in [-0.4, -0.2) is 32.1 Å². The van der Waals surface area contributed by atoms with Crippen LogP contribution in [0.1, 0.15) is 36.3 Å². The first-order chi connectivity index (χ1) is 8.27. The van der Waals surface area contributed by atoms with Crippen LogP contribution in [0.25, 0.3) is 0 Å². The lowest BCUT2D eigenvalue weighted by atomic mass is 10.0. The second kappa shape index (κ2) is 6.18. The Hall–Kier alpha value is -0.860. The van der Waals surface area contributed by atoms with Crippen molar-refractivity contribution in [3.63, 3.8) is 0 Å². The van der Waals surface area contributed by atoms with Crippen molar-refractivity contribution in [2.75, 3.05) is 27.2 Å². The fourth-order valence-electron chi connectivity index (χ4n) is 2.23. The summed E-state index contributed by atoms with van der Waals surface area (Å²) in [6, 6.07) is 8.90. The highest BCUT2D eigenvalue weighted by Crippen LogP contribution is 2.41. The van der Waals surface area contributed by atoms with Crippen LogP contribution < -0.4 is 5.32 Å². The first kappa shape index (κ1) is 12.6. The number of hydrogen-bond donors (Lipinski definition) is 1. The van der Waals surface area contributed by atoms with E-state index in [-0.39, 0.29) is 0 Å². The van der Waals surface area contributed by atoms with Gasteiger partial charge in [0.2, 0.25) is 0 Å². The molecule has 0 amide bonds. The van der Waals surface area contributed by atoms with Gasteiger partial charge in [-0.2, -0.15) is 0 Å². The third kappa shape index (κ3) is 4.14. The van der Waals surface area contributed by atoms with E-state index in [2.05, 4.69) is 48.6 Å². The molecule has 1 aliphatic carbocycles. The van der Waals surface area contributed by atoms with Crippen molar-refractivity contribution >= 4 is 0 Å². The van der Waals surface area contributed by atoms with E-state index in [0.29, 0.717) is 0 Å². The molecule has 1 aliphatic rings. The quantitative estimate of drug-likeness (QED) is 0.727. The number of nitrogens with zero attached hydrogens (tertiary/aromatic N) is 1. The van der Waals surface area contributed by atoms with Gasteiger partial charge in [0.25, 0.3) is 0 Å². The molecule has 1 fully saturated rings. The first-order valence-corrected chi connectivity index (χ1v) is 6.70. The summed E-state index contributed by atoms with van der Waals surface area (Å²) < 4.78 is 0. The second-order valence-electron chi connectivity index (χ2n) is 5.31. The van der Waals surface area contributed by atoms with Crippen molar-refractivity contribution in [2.45, 2.75) is 31.7 Å². The van der Waals surface area contributed by atoms with Crippen LogP contribution in [0.15, 0.2) is 24.3 Å². The van der Waals surface area contributed by atoms with Gasteiger partial charge in [-0.15, -0.1) is 0 Å². The normalized spacial score (nSPS) is 15.5. The molecule has 17 heavy (non-hydrogen) atoms. The minimum absolute atomic E-state index is 0.856. The van der Waals surface area contributed by atoms with Crippen molar-refractivity contribution in [3.8, 4) is 0 Å². The average Bonchev–Trinajstić information content (AvgIpc) is 3.13. The molecule has 0 heterocycles. The van der Waals surface area contributed by atoms with E-state index in [1.807, 2.05) is 0 Å². The Morgan fingerprint density at radius 2 is 2.00 bits per heavy atom. The summed E-state index contributed by atoms with van der Waals surface area (Å²) in [5.74, 6) is 0.856. The summed E-state index contributed by atoms with van der Waals surface area (Å²) >= 11 is 0. The lowest BCUT2D eigenvalue weighted by Gasteiger charge is -2.11. The van der Waals surface area contributed by atoms with Crippen LogP contribution in [0.5, 0.6) is 0 Å². The van der Waals surface area contributed by atoms with Crippen LogP contribution in [0, 0.1) is 0 Å². The summed E-state index contributed by atoms with van der Waals surface area (Å²) in [6.07, 6.45) is 3.99. The van der Waals surface area contributed by atoms with E-state index in [1.54, 1.807) is 5.56 Å². The molecule has 1 N–H and O–H groups in total. The minimum Gasteiger partial charge on any atom is -0.313 e. The van der Waals surface area contributed by atoms with Crippen molar-refractivity contribution in [2.24, 2.45) is 0 Å². The smallest absolute Gasteiger partial charge is 0.0208 e. The van der Waals surface area contributed by atoms with Gasteiger partial charge in [0.1, 0.15) is 0 Å². The molecule has 0 saturated heterocycles. The lowest BCUT2D eigenvalue weighted by molar-refractivity contribution is 0.394. The van der Waals surface area contributed by atoms with E-state index in [9.17, 15) is 0 Å². The van der Waals surface area contributed by atoms with Gasteiger partial charge in [0.15, 0.2) is 0 Å². The maximum absolute atomic E-state index is 3.55. The van der Waals surface area contributed by atoms with Crippen molar-refractivity contribution in [3.05, 3.63) is 35.4 Å². The number of benzene rings is 1. The lowest BCUT2D eigenvalue weighted by Crippen LogP contribution is -2.21. The highest BCUT2D eigenvalue weighted by molar-refractivity contribution is 5.33. The summed E-state index contributed by atoms with van der Waals surface area (Å²) in [7, 11) is 4.25. The Kier molecular flexibility index (Phi) is 4.57. The Bertz CT molecular complexity index is 343. The Labute approximate surface area is 105 Å². The molecule has 1 saturated carbocycles. The zero-order chi connectivity index (χ0) is 12.1. The molecule has 0 unspecified atom stereocenters. The first-order valence-electron chi connectivity index (χ1n) is 6.70. The Morgan fingerprint density at radius 3 is 2.71 bits per heavy atom. The maximum atomic E-state index is 3.55. The molecule has 0 radical (unpaired) electrons. The fourth-order valence-corrected chi connectivity index (χ4v) is 2.23. The van der Waals surface area contributed by atoms with Gasteiger partial charge in [0.05, 0.1) is 0 Å². The largest absolute Gasteiger partial charge is 0.313 e. The molecule has 0 spiro atoms. The summed E-state index contributed by atoms with van der Waals surface area (Å²) in [4.78, 5) is 2.24. The van der Waals surface area contributed by atoms with Crippen molar-refractivity contribution in [1.82, 2.24) is 10.2 Å². The maximum Gasteiger partial charge on any atom is 0.0208 e. The number of hydrogen-bond acceptors (Lipinski definition) is 2. The zero-order valence-corrected chi connectivity index (χ0v) is 11.1. The molecule has 2 rings (SSSR count). The molecule has 0 aliphatic heterocycles. The molecule has 94 valence electrons. The molecule has 1 aromatic rings. The number of nitrogens with one attached hydrogen (secondary N) is 1. The highest BCUT2D eigenvalue weighted by atomic mass is 15.0. The van der Waals surface area contributed by atoms with Crippen LogP contribution in [-0.2, 0) is 6.54 Å². The second-order valence-corrected chi connectivity index (χ2v) is 5.31. The fraction of sp³-hybridized carbons (Fsp3) is 0.600. The molecule has 2 nitrogen and oxygen atoms in total. The van der Waals surface area contributed by atoms with E-state index < -0.39 is 0 Å². The monoisotopic (exact) mass is 232 g/mol. The Balaban J connectivity index is 1.75. The van der Waals surface area contributed by atoms with E-state index in [4.69, 9.17) is 0 Å². The highest BCUT2D eigenvalue weighted by Gasteiger charge is 2.25. The van der Waals surface area contributed by atoms with Crippen LogP contribution in [0.4, 0.5) is 0 Å². The van der Waals surface area contributed by atoms with Crippen LogP contribution in [0.2, 0.25) is 0 Å². The Morgan fingerprint density at radius 1 is 1.24 bits per heavy atom. The third-order valence-corrected chi connectivity index (χ3v) is 3.35. The average molecular weight is 232 g/mol. The standard InChI is InChI=1S/C15H24N2/c1-17(2)11-5-10-16-12-14-6-3-4-7-15(14)13-8-9-13/h3-4,6-7,13,16H,5,8-12H2,1-2H3. The van der Waals surface area contributed by atoms with E-state index in [0.717, 1.165) is 25.6 Å². The van der Waals surface area contributed by atoms with Crippen LogP contribution in [0.3, 0.4) is 0 Å². The molecular formula is C15H24N2. The van der Waals surface area contributed by atoms with Crippen molar-refractivity contribution in [1.29, 1.82) is 0 Å². The summed E-state index contributed by atoms with van der Waals surface area (Å²) in [5, 5.41) is 3.55. The van der Waals surface area contributed by atoms with Gasteiger partial charge >= 0.3 is 0 Å². The van der Waals surface area contributed by atoms with E-state index >= 15 is 0 Å². The van der Waals surface area contributed by atoms with Gasteiger partial charge in [-0.05, 0) is 63.5 Å². The van der Waals surface area contributed by atoms with Gasteiger partial charge in [-0.3, -0.25) is 0 Å². The molecule has 0 aromatic heterocycles. The SMILES string of the molecule is CN(C)CCCNCc1ccccc1C1CC1. The molecule has 0 atom stereocenters. The molecule has 0 bridgehead atoms. The summed E-state index contributed by atoms with van der Waals surface area (Å²) in [6.45, 7) is 3.30. The molecule has 2 heteroatoms. The zero-order valence-electron chi connectivity index (χ0n) is 11.1. The van der Waals surface area contributed by atoms with Gasteiger partial charge in [-0.1, -0.05) is 24.3 Å². The van der Waals surface area contributed by atoms with Crippen molar-refractivity contribution < 1.29 is 0 Å². The predicted molar refractivity (Wildman–Crippen MR) is 73.3 cm³/mol. The minimum atomic E-state index is 0.856. The third-order valence-electron chi connectivity index (χ3n) is 3.35. The topological polar surface area (TPSA) is 15.3 Å².